The van der Waals surface area contributed by atoms with E-state index in [1.807, 2.05) is 0 Å². The molecule has 1 rings (SSSR count). The number of nitrogens with zero attached hydrogens (tertiary/aromatic N) is 2. The van der Waals surface area contributed by atoms with E-state index >= 15 is 0 Å². The number of rotatable bonds is 4. The zero-order chi connectivity index (χ0) is 11.4. The highest BCUT2D eigenvalue weighted by atomic mass is 32.2. The monoisotopic (exact) mass is 226 g/mol. The summed E-state index contributed by atoms with van der Waals surface area (Å²) in [5.41, 5.74) is 0.752. The molecule has 0 radical (unpaired) electrons. The molecule has 1 N–H and O–H groups in total. The Morgan fingerprint density at radius 1 is 1.53 bits per heavy atom. The Balaban J connectivity index is 2.84. The van der Waals surface area contributed by atoms with Crippen LogP contribution in [0.2, 0.25) is 0 Å². The lowest BCUT2D eigenvalue weighted by atomic mass is 10.3. The first-order valence-electron chi connectivity index (χ1n) is 4.71. The van der Waals surface area contributed by atoms with Gasteiger partial charge < -0.3 is 5.11 Å². The van der Waals surface area contributed by atoms with Gasteiger partial charge in [0.15, 0.2) is 10.9 Å². The van der Waals surface area contributed by atoms with Crippen LogP contribution in [0, 0.1) is 12.8 Å². The van der Waals surface area contributed by atoms with Gasteiger partial charge in [-0.1, -0.05) is 25.6 Å². The van der Waals surface area contributed by atoms with Crippen molar-refractivity contribution in [3.8, 4) is 0 Å². The third-order valence-corrected chi connectivity index (χ3v) is 2.87. The number of hydrogen-bond donors (Lipinski definition) is 1. The van der Waals surface area contributed by atoms with Crippen LogP contribution in [0.25, 0.3) is 0 Å². The number of aromatic carboxylic acids is 1. The number of carboxylic acids is 1. The van der Waals surface area contributed by atoms with Crippen LogP contribution in [0.3, 0.4) is 0 Å². The van der Waals surface area contributed by atoms with Crippen LogP contribution >= 0.6 is 11.8 Å². The Bertz CT molecular complexity index is 366. The summed E-state index contributed by atoms with van der Waals surface area (Å²) >= 11 is 1.49. The topological polar surface area (TPSA) is 63.1 Å². The minimum absolute atomic E-state index is 0.0637. The molecule has 0 saturated heterocycles. The summed E-state index contributed by atoms with van der Waals surface area (Å²) in [6, 6.07) is 1.47. The van der Waals surface area contributed by atoms with E-state index in [-0.39, 0.29) is 5.69 Å². The third kappa shape index (κ3) is 3.87. The molecule has 0 aliphatic heterocycles. The molecule has 0 aliphatic carbocycles. The van der Waals surface area contributed by atoms with Gasteiger partial charge in [0.05, 0.1) is 0 Å². The average molecular weight is 226 g/mol. The molecule has 0 spiro atoms. The minimum atomic E-state index is -1.01. The fourth-order valence-electron chi connectivity index (χ4n) is 0.957. The normalized spacial score (nSPS) is 10.7. The van der Waals surface area contributed by atoms with Crippen LogP contribution in [-0.2, 0) is 0 Å². The summed E-state index contributed by atoms with van der Waals surface area (Å²) in [5.74, 6) is 0.418. The second-order valence-corrected chi connectivity index (χ2v) is 4.67. The lowest BCUT2D eigenvalue weighted by molar-refractivity contribution is 0.0689. The first kappa shape index (κ1) is 12.0. The van der Waals surface area contributed by atoms with Gasteiger partial charge in [0.25, 0.3) is 0 Å². The quantitative estimate of drug-likeness (QED) is 0.630. The first-order valence-corrected chi connectivity index (χ1v) is 5.69. The molecule has 15 heavy (non-hydrogen) atoms. The standard InChI is InChI=1S/C10H14N2O2S/c1-6(2)5-15-10-11-7(3)4-8(12-10)9(13)14/h4,6H,5H2,1-3H3,(H,13,14). The van der Waals surface area contributed by atoms with Crippen molar-refractivity contribution in [3.63, 3.8) is 0 Å². The van der Waals surface area contributed by atoms with Gasteiger partial charge in [-0.2, -0.15) is 0 Å². The fourth-order valence-corrected chi connectivity index (χ4v) is 1.81. The van der Waals surface area contributed by atoms with Gasteiger partial charge in [-0.3, -0.25) is 0 Å². The van der Waals surface area contributed by atoms with E-state index in [2.05, 4.69) is 23.8 Å². The summed E-state index contributed by atoms with van der Waals surface area (Å²) in [6.45, 7) is 5.97. The largest absolute Gasteiger partial charge is 0.477 e. The zero-order valence-electron chi connectivity index (χ0n) is 9.02. The maximum atomic E-state index is 10.7. The molecule has 0 fully saturated rings. The van der Waals surface area contributed by atoms with E-state index < -0.39 is 5.97 Å². The summed E-state index contributed by atoms with van der Waals surface area (Å²) < 4.78 is 0. The lowest BCUT2D eigenvalue weighted by Crippen LogP contribution is -2.04. The maximum absolute atomic E-state index is 10.7. The van der Waals surface area contributed by atoms with Crippen molar-refractivity contribution in [3.05, 3.63) is 17.5 Å². The summed E-state index contributed by atoms with van der Waals surface area (Å²) in [7, 11) is 0. The van der Waals surface area contributed by atoms with Crippen molar-refractivity contribution in [2.45, 2.75) is 25.9 Å². The molecule has 4 nitrogen and oxygen atoms in total. The molecule has 1 aromatic rings. The van der Waals surface area contributed by atoms with Gasteiger partial charge in [-0.05, 0) is 18.9 Å². The first-order chi connectivity index (χ1) is 6.99. The fraction of sp³-hybridized carbons (Fsp3) is 0.500. The minimum Gasteiger partial charge on any atom is -0.477 e. The Morgan fingerprint density at radius 3 is 2.73 bits per heavy atom. The highest BCUT2D eigenvalue weighted by molar-refractivity contribution is 7.99. The SMILES string of the molecule is Cc1cc(C(=O)O)nc(SCC(C)C)n1. The molecule has 0 aliphatic rings. The Hall–Kier alpha value is -1.10. The molecule has 82 valence electrons. The number of aromatic nitrogens is 2. The highest BCUT2D eigenvalue weighted by Crippen LogP contribution is 2.17. The van der Waals surface area contributed by atoms with Crippen LogP contribution in [0.4, 0.5) is 0 Å². The van der Waals surface area contributed by atoms with Gasteiger partial charge in [0.1, 0.15) is 0 Å². The molecule has 0 amide bonds. The van der Waals surface area contributed by atoms with E-state index in [4.69, 9.17) is 5.11 Å². The number of carbonyl (C=O) groups is 1. The van der Waals surface area contributed by atoms with E-state index in [1.165, 1.54) is 17.8 Å². The Morgan fingerprint density at radius 2 is 2.20 bits per heavy atom. The van der Waals surface area contributed by atoms with Crippen LogP contribution in [0.5, 0.6) is 0 Å². The molecule has 0 bridgehead atoms. The predicted octanol–water partition coefficient (Wildman–Crippen LogP) is 2.23. The van der Waals surface area contributed by atoms with Crippen molar-refractivity contribution in [1.29, 1.82) is 0 Å². The molecule has 1 aromatic heterocycles. The van der Waals surface area contributed by atoms with Crippen molar-refractivity contribution in [1.82, 2.24) is 9.97 Å². The smallest absolute Gasteiger partial charge is 0.354 e. The number of thioether (sulfide) groups is 1. The van der Waals surface area contributed by atoms with E-state index in [9.17, 15) is 4.79 Å². The highest BCUT2D eigenvalue weighted by Gasteiger charge is 2.09. The van der Waals surface area contributed by atoms with E-state index in [0.29, 0.717) is 16.8 Å². The Labute approximate surface area is 93.1 Å². The van der Waals surface area contributed by atoms with Crippen molar-refractivity contribution in [2.24, 2.45) is 5.92 Å². The van der Waals surface area contributed by atoms with E-state index in [0.717, 1.165) is 5.75 Å². The predicted molar refractivity (Wildman–Crippen MR) is 59.3 cm³/mol. The third-order valence-electron chi connectivity index (χ3n) is 1.60. The molecule has 5 heteroatoms. The van der Waals surface area contributed by atoms with Gasteiger partial charge in [0, 0.05) is 11.4 Å². The van der Waals surface area contributed by atoms with Gasteiger partial charge in [-0.25, -0.2) is 14.8 Å². The summed E-state index contributed by atoms with van der Waals surface area (Å²) in [6.07, 6.45) is 0. The second-order valence-electron chi connectivity index (χ2n) is 3.69. The van der Waals surface area contributed by atoms with E-state index in [1.54, 1.807) is 6.92 Å². The van der Waals surface area contributed by atoms with Crippen molar-refractivity contribution in [2.75, 3.05) is 5.75 Å². The number of aryl methyl sites for hydroxylation is 1. The average Bonchev–Trinajstić information content (AvgIpc) is 2.13. The van der Waals surface area contributed by atoms with Crippen LogP contribution in [0.15, 0.2) is 11.2 Å². The maximum Gasteiger partial charge on any atom is 0.354 e. The van der Waals surface area contributed by atoms with Crippen molar-refractivity contribution >= 4 is 17.7 Å². The molecule has 1 heterocycles. The second kappa shape index (κ2) is 5.11. The molecule has 0 aromatic carbocycles. The van der Waals surface area contributed by atoms with Crippen LogP contribution < -0.4 is 0 Å². The summed E-state index contributed by atoms with van der Waals surface area (Å²) in [5, 5.41) is 9.35. The molecular weight excluding hydrogens is 212 g/mol. The van der Waals surface area contributed by atoms with Crippen molar-refractivity contribution < 1.29 is 9.90 Å². The van der Waals surface area contributed by atoms with Gasteiger partial charge in [0.2, 0.25) is 0 Å². The van der Waals surface area contributed by atoms with Crippen LogP contribution in [0.1, 0.15) is 30.0 Å². The summed E-state index contributed by atoms with van der Waals surface area (Å²) in [4.78, 5) is 18.9. The number of hydrogen-bond acceptors (Lipinski definition) is 4. The Kier molecular flexibility index (Phi) is 4.08. The lowest BCUT2D eigenvalue weighted by Gasteiger charge is -2.04. The molecular formula is C10H14N2O2S. The van der Waals surface area contributed by atoms with Gasteiger partial charge >= 0.3 is 5.97 Å². The zero-order valence-corrected chi connectivity index (χ0v) is 9.84. The molecule has 0 atom stereocenters. The number of carboxylic acid groups (broad SMARTS) is 1. The van der Waals surface area contributed by atoms with Crippen LogP contribution in [-0.4, -0.2) is 26.8 Å². The molecule has 0 saturated carbocycles. The molecule has 0 unspecified atom stereocenters. The van der Waals surface area contributed by atoms with Gasteiger partial charge in [-0.15, -0.1) is 0 Å².